The van der Waals surface area contributed by atoms with E-state index in [1.165, 1.54) is 12.1 Å². The number of nitrogens with one attached hydrogen (secondary N) is 1. The first kappa shape index (κ1) is 18.5. The van der Waals surface area contributed by atoms with E-state index in [4.69, 9.17) is 4.74 Å². The van der Waals surface area contributed by atoms with Crippen LogP contribution in [0.1, 0.15) is 31.2 Å². The van der Waals surface area contributed by atoms with E-state index in [-0.39, 0.29) is 24.1 Å². The van der Waals surface area contributed by atoms with Crippen LogP contribution in [0.15, 0.2) is 60.8 Å². The Balaban J connectivity index is 1.58. The monoisotopic (exact) mass is 365 g/mol. The minimum atomic E-state index is -0.312. The Hall–Kier alpha value is -3.28. The van der Waals surface area contributed by atoms with Gasteiger partial charge >= 0.3 is 0 Å². The number of halogens is 1. The van der Waals surface area contributed by atoms with Crippen LogP contribution in [-0.4, -0.2) is 15.9 Å². The molecular formula is C21H20FN3O2. The number of anilines is 1. The molecule has 27 heavy (non-hydrogen) atoms. The number of benzene rings is 2. The quantitative estimate of drug-likeness (QED) is 0.687. The van der Waals surface area contributed by atoms with E-state index in [2.05, 4.69) is 15.3 Å². The van der Waals surface area contributed by atoms with Gasteiger partial charge in [0.05, 0.1) is 6.42 Å². The van der Waals surface area contributed by atoms with Crippen LogP contribution in [0.3, 0.4) is 0 Å². The van der Waals surface area contributed by atoms with E-state index in [0.29, 0.717) is 23.1 Å². The van der Waals surface area contributed by atoms with Gasteiger partial charge in [0.15, 0.2) is 0 Å². The number of ether oxygens (including phenoxy) is 1. The summed E-state index contributed by atoms with van der Waals surface area (Å²) in [6.45, 7) is 3.99. The van der Waals surface area contributed by atoms with Crippen molar-refractivity contribution in [2.75, 3.05) is 5.32 Å². The Morgan fingerprint density at radius 2 is 1.67 bits per heavy atom. The van der Waals surface area contributed by atoms with Crippen LogP contribution in [0.25, 0.3) is 0 Å². The summed E-state index contributed by atoms with van der Waals surface area (Å²) in [6.07, 6.45) is 1.86. The second kappa shape index (κ2) is 8.40. The Morgan fingerprint density at radius 1 is 1.04 bits per heavy atom. The lowest BCUT2D eigenvalue weighted by Gasteiger charge is -2.09. The number of amides is 1. The summed E-state index contributed by atoms with van der Waals surface area (Å²) in [7, 11) is 0. The largest absolute Gasteiger partial charge is 0.457 e. The van der Waals surface area contributed by atoms with Gasteiger partial charge in [-0.2, -0.15) is 0 Å². The molecular weight excluding hydrogens is 345 g/mol. The van der Waals surface area contributed by atoms with Gasteiger partial charge in [-0.1, -0.05) is 26.0 Å². The maximum Gasteiger partial charge on any atom is 0.229 e. The highest BCUT2D eigenvalue weighted by Crippen LogP contribution is 2.22. The Morgan fingerprint density at radius 3 is 2.30 bits per heavy atom. The van der Waals surface area contributed by atoms with Crippen molar-refractivity contribution in [2.45, 2.75) is 26.2 Å². The van der Waals surface area contributed by atoms with Crippen LogP contribution in [0.5, 0.6) is 11.5 Å². The lowest BCUT2D eigenvalue weighted by Crippen LogP contribution is -2.16. The second-order valence-electron chi connectivity index (χ2n) is 6.38. The van der Waals surface area contributed by atoms with Crippen LogP contribution in [0.4, 0.5) is 10.2 Å². The topological polar surface area (TPSA) is 64.1 Å². The van der Waals surface area contributed by atoms with Crippen molar-refractivity contribution < 1.29 is 13.9 Å². The van der Waals surface area contributed by atoms with Crippen molar-refractivity contribution in [3.8, 4) is 11.5 Å². The average molecular weight is 365 g/mol. The third-order valence-electron chi connectivity index (χ3n) is 3.80. The molecule has 1 aromatic heterocycles. The van der Waals surface area contributed by atoms with Gasteiger partial charge in [0.1, 0.15) is 29.0 Å². The molecule has 0 spiro atoms. The fraction of sp³-hybridized carbons (Fsp3) is 0.190. The van der Waals surface area contributed by atoms with Crippen LogP contribution < -0.4 is 10.1 Å². The predicted molar refractivity (Wildman–Crippen MR) is 101 cm³/mol. The van der Waals surface area contributed by atoms with Crippen LogP contribution in [0.2, 0.25) is 0 Å². The number of nitrogens with zero attached hydrogens (tertiary/aromatic N) is 2. The molecule has 1 amide bonds. The van der Waals surface area contributed by atoms with Gasteiger partial charge < -0.3 is 10.1 Å². The standard InChI is InChI=1S/C21H20FN3O2/c1-14(2)21-23-12-11-19(25-21)24-20(26)13-15-3-7-17(8-4-15)27-18-9-5-16(22)6-10-18/h3-12,14H,13H2,1-2H3,(H,23,24,25,26). The summed E-state index contributed by atoms with van der Waals surface area (Å²) in [5, 5.41) is 2.79. The molecule has 0 fully saturated rings. The zero-order valence-corrected chi connectivity index (χ0v) is 15.1. The summed E-state index contributed by atoms with van der Waals surface area (Å²) in [6, 6.07) is 14.6. The number of carbonyl (C=O) groups excluding carboxylic acids is 1. The SMILES string of the molecule is CC(C)c1nccc(NC(=O)Cc2ccc(Oc3ccc(F)cc3)cc2)n1. The smallest absolute Gasteiger partial charge is 0.229 e. The third kappa shape index (κ3) is 5.34. The molecule has 0 aliphatic carbocycles. The number of aromatic nitrogens is 2. The van der Waals surface area contributed by atoms with E-state index < -0.39 is 0 Å². The molecule has 3 aromatic rings. The van der Waals surface area contributed by atoms with Crippen molar-refractivity contribution in [3.05, 3.63) is 78.0 Å². The molecule has 1 N–H and O–H groups in total. The fourth-order valence-electron chi connectivity index (χ4n) is 2.41. The zero-order valence-electron chi connectivity index (χ0n) is 15.1. The first-order valence-corrected chi connectivity index (χ1v) is 8.65. The number of rotatable bonds is 6. The highest BCUT2D eigenvalue weighted by Gasteiger charge is 2.08. The van der Waals surface area contributed by atoms with Crippen LogP contribution in [0, 0.1) is 5.82 Å². The molecule has 0 saturated carbocycles. The van der Waals surface area contributed by atoms with Crippen molar-refractivity contribution in [1.29, 1.82) is 0 Å². The lowest BCUT2D eigenvalue weighted by atomic mass is 10.1. The number of hydrogen-bond acceptors (Lipinski definition) is 4. The summed E-state index contributed by atoms with van der Waals surface area (Å²) in [5.41, 5.74) is 0.845. The molecule has 0 saturated heterocycles. The highest BCUT2D eigenvalue weighted by atomic mass is 19.1. The maximum atomic E-state index is 12.9. The molecule has 0 atom stereocenters. The molecule has 0 aliphatic rings. The third-order valence-corrected chi connectivity index (χ3v) is 3.80. The van der Waals surface area contributed by atoms with Gasteiger partial charge in [-0.25, -0.2) is 14.4 Å². The van der Waals surface area contributed by atoms with Crippen LogP contribution in [-0.2, 0) is 11.2 Å². The van der Waals surface area contributed by atoms with E-state index in [1.54, 1.807) is 36.5 Å². The average Bonchev–Trinajstić information content (AvgIpc) is 2.65. The minimum absolute atomic E-state index is 0.157. The summed E-state index contributed by atoms with van der Waals surface area (Å²) < 4.78 is 18.6. The zero-order chi connectivity index (χ0) is 19.2. The van der Waals surface area contributed by atoms with E-state index >= 15 is 0 Å². The van der Waals surface area contributed by atoms with Crippen molar-refractivity contribution in [1.82, 2.24) is 9.97 Å². The molecule has 2 aromatic carbocycles. The van der Waals surface area contributed by atoms with Crippen molar-refractivity contribution in [3.63, 3.8) is 0 Å². The van der Waals surface area contributed by atoms with Crippen LogP contribution >= 0.6 is 0 Å². The number of carbonyl (C=O) groups is 1. The van der Waals surface area contributed by atoms with Gasteiger partial charge in [-0.3, -0.25) is 4.79 Å². The molecule has 1 heterocycles. The summed E-state index contributed by atoms with van der Waals surface area (Å²) in [4.78, 5) is 20.7. The Labute approximate surface area is 157 Å². The normalized spacial score (nSPS) is 10.7. The lowest BCUT2D eigenvalue weighted by molar-refractivity contribution is -0.115. The van der Waals surface area contributed by atoms with Crippen molar-refractivity contribution in [2.24, 2.45) is 0 Å². The van der Waals surface area contributed by atoms with E-state index in [0.717, 1.165) is 5.56 Å². The minimum Gasteiger partial charge on any atom is -0.457 e. The molecule has 0 aliphatic heterocycles. The fourth-order valence-corrected chi connectivity index (χ4v) is 2.41. The molecule has 0 unspecified atom stereocenters. The molecule has 3 rings (SSSR count). The molecule has 138 valence electrons. The Kier molecular flexibility index (Phi) is 5.76. The Bertz CT molecular complexity index is 909. The second-order valence-corrected chi connectivity index (χ2v) is 6.38. The maximum absolute atomic E-state index is 12.9. The van der Waals surface area contributed by atoms with Gasteiger partial charge in [0, 0.05) is 12.1 Å². The highest BCUT2D eigenvalue weighted by molar-refractivity contribution is 5.91. The van der Waals surface area contributed by atoms with Crippen molar-refractivity contribution >= 4 is 11.7 Å². The summed E-state index contributed by atoms with van der Waals surface area (Å²) in [5.74, 6) is 2.07. The molecule has 5 nitrogen and oxygen atoms in total. The molecule has 6 heteroatoms. The van der Waals surface area contributed by atoms with Gasteiger partial charge in [-0.05, 0) is 48.0 Å². The van der Waals surface area contributed by atoms with Gasteiger partial charge in [0.25, 0.3) is 0 Å². The summed E-state index contributed by atoms with van der Waals surface area (Å²) >= 11 is 0. The molecule has 0 radical (unpaired) electrons. The van der Waals surface area contributed by atoms with E-state index in [9.17, 15) is 9.18 Å². The molecule has 0 bridgehead atoms. The predicted octanol–water partition coefficient (Wildman–Crippen LogP) is 4.71. The number of hydrogen-bond donors (Lipinski definition) is 1. The van der Waals surface area contributed by atoms with E-state index in [1.807, 2.05) is 26.0 Å². The first-order valence-electron chi connectivity index (χ1n) is 8.65. The van der Waals surface area contributed by atoms with Gasteiger partial charge in [0.2, 0.25) is 5.91 Å². The first-order chi connectivity index (χ1) is 13.0. The van der Waals surface area contributed by atoms with Gasteiger partial charge in [-0.15, -0.1) is 0 Å².